The van der Waals surface area contributed by atoms with Crippen LogP contribution in [0.15, 0.2) is 24.3 Å². The number of benzene rings is 1. The van der Waals surface area contributed by atoms with E-state index in [1.165, 1.54) is 0 Å². The Morgan fingerprint density at radius 3 is 2.62 bits per heavy atom. The van der Waals surface area contributed by atoms with Gasteiger partial charge in [-0.1, -0.05) is 18.0 Å². The monoisotopic (exact) mass is 310 g/mol. The van der Waals surface area contributed by atoms with Crippen molar-refractivity contribution in [3.05, 3.63) is 29.3 Å². The Hall–Kier alpha value is -1.30. The smallest absolute Gasteiger partial charge is 0.319 e. The Morgan fingerprint density at radius 1 is 1.19 bits per heavy atom. The van der Waals surface area contributed by atoms with Gasteiger partial charge in [-0.25, -0.2) is 4.79 Å². The molecule has 5 nitrogen and oxygen atoms in total. The Balaban J connectivity index is 1.61. The predicted molar refractivity (Wildman–Crippen MR) is 80.5 cm³/mol. The van der Waals surface area contributed by atoms with Crippen LogP contribution < -0.4 is 10.6 Å². The first-order chi connectivity index (χ1) is 10.2. The minimum Gasteiger partial charge on any atom is -0.346 e. The van der Waals surface area contributed by atoms with Crippen LogP contribution in [0.1, 0.15) is 25.7 Å². The van der Waals surface area contributed by atoms with Crippen molar-refractivity contribution in [2.45, 2.75) is 37.5 Å². The van der Waals surface area contributed by atoms with Crippen LogP contribution in [0, 0.1) is 0 Å². The fraction of sp³-hybridized carbons (Fsp3) is 0.533. The molecule has 0 aromatic heterocycles. The van der Waals surface area contributed by atoms with Gasteiger partial charge in [-0.05, 0) is 37.1 Å². The Labute approximate surface area is 128 Å². The number of urea groups is 1. The molecule has 1 aliphatic carbocycles. The zero-order chi connectivity index (χ0) is 14.7. The number of anilines is 1. The van der Waals surface area contributed by atoms with Crippen LogP contribution in [-0.2, 0) is 9.47 Å². The molecule has 3 rings (SSSR count). The van der Waals surface area contributed by atoms with Crippen LogP contribution in [0.25, 0.3) is 0 Å². The second-order valence-corrected chi connectivity index (χ2v) is 5.85. The third kappa shape index (κ3) is 3.31. The number of carbonyl (C=O) groups is 1. The second-order valence-electron chi connectivity index (χ2n) is 5.41. The molecular weight excluding hydrogens is 292 g/mol. The van der Waals surface area contributed by atoms with Gasteiger partial charge in [0, 0.05) is 17.1 Å². The average Bonchev–Trinajstić information content (AvgIpc) is 2.93. The molecule has 0 radical (unpaired) electrons. The van der Waals surface area contributed by atoms with E-state index in [1.807, 2.05) is 0 Å². The molecule has 1 saturated heterocycles. The van der Waals surface area contributed by atoms with E-state index in [4.69, 9.17) is 21.1 Å². The van der Waals surface area contributed by atoms with E-state index in [-0.39, 0.29) is 12.1 Å². The highest BCUT2D eigenvalue weighted by Crippen LogP contribution is 2.36. The number of amides is 2. The molecule has 1 saturated carbocycles. The first kappa shape index (κ1) is 14.6. The van der Waals surface area contributed by atoms with Crippen molar-refractivity contribution < 1.29 is 14.3 Å². The number of rotatable bonds is 2. The quantitative estimate of drug-likeness (QED) is 0.882. The van der Waals surface area contributed by atoms with E-state index in [0.717, 1.165) is 25.7 Å². The molecule has 2 aliphatic rings. The van der Waals surface area contributed by atoms with Gasteiger partial charge in [-0.15, -0.1) is 0 Å². The molecule has 0 bridgehead atoms. The van der Waals surface area contributed by atoms with Crippen molar-refractivity contribution in [3.63, 3.8) is 0 Å². The lowest BCUT2D eigenvalue weighted by atomic mass is 9.89. The summed E-state index contributed by atoms with van der Waals surface area (Å²) in [5.74, 6) is -0.629. The molecule has 2 amide bonds. The Kier molecular flexibility index (Phi) is 4.33. The fourth-order valence-corrected chi connectivity index (χ4v) is 3.10. The van der Waals surface area contributed by atoms with Crippen molar-refractivity contribution in [2.24, 2.45) is 0 Å². The van der Waals surface area contributed by atoms with Gasteiger partial charge in [-0.2, -0.15) is 0 Å². The van der Waals surface area contributed by atoms with E-state index in [0.29, 0.717) is 23.9 Å². The van der Waals surface area contributed by atoms with Gasteiger partial charge in [0.2, 0.25) is 0 Å². The molecule has 2 N–H and O–H groups in total. The summed E-state index contributed by atoms with van der Waals surface area (Å²) in [6.07, 6.45) is 3.84. The van der Waals surface area contributed by atoms with Crippen molar-refractivity contribution in [3.8, 4) is 0 Å². The molecule has 1 unspecified atom stereocenters. The third-order valence-corrected chi connectivity index (χ3v) is 4.23. The molecular formula is C15H19ClN2O3. The standard InChI is InChI=1S/C15H19ClN2O3/c16-11-4-6-12(7-5-11)17-14(19)18-13-3-1-2-8-15(13)20-9-10-21-15/h4-7,13H,1-3,8-10H2,(H2,17,18,19). The highest BCUT2D eigenvalue weighted by atomic mass is 35.5. The SMILES string of the molecule is O=C(Nc1ccc(Cl)cc1)NC1CCCCC12OCCO2. The normalized spacial score (nSPS) is 24.0. The second kappa shape index (κ2) is 6.22. The molecule has 114 valence electrons. The summed E-state index contributed by atoms with van der Waals surface area (Å²) in [5, 5.41) is 6.42. The molecule has 2 fully saturated rings. The molecule has 1 atom stereocenters. The van der Waals surface area contributed by atoms with Gasteiger partial charge in [0.15, 0.2) is 5.79 Å². The van der Waals surface area contributed by atoms with E-state index < -0.39 is 5.79 Å². The maximum Gasteiger partial charge on any atom is 0.319 e. The molecule has 1 heterocycles. The minimum absolute atomic E-state index is 0.110. The number of hydrogen-bond donors (Lipinski definition) is 2. The summed E-state index contributed by atoms with van der Waals surface area (Å²) < 4.78 is 11.6. The molecule has 1 spiro atoms. The molecule has 1 aliphatic heterocycles. The lowest BCUT2D eigenvalue weighted by Gasteiger charge is -2.39. The van der Waals surface area contributed by atoms with Crippen LogP contribution >= 0.6 is 11.6 Å². The number of nitrogens with one attached hydrogen (secondary N) is 2. The van der Waals surface area contributed by atoms with Crippen LogP contribution in [0.3, 0.4) is 0 Å². The van der Waals surface area contributed by atoms with Crippen molar-refractivity contribution in [1.82, 2.24) is 5.32 Å². The number of carbonyl (C=O) groups excluding carboxylic acids is 1. The van der Waals surface area contributed by atoms with Crippen LogP contribution in [-0.4, -0.2) is 31.1 Å². The summed E-state index contributed by atoms with van der Waals surface area (Å²) in [5.41, 5.74) is 0.704. The Bertz CT molecular complexity index is 500. The maximum atomic E-state index is 12.1. The minimum atomic E-state index is -0.629. The maximum absolute atomic E-state index is 12.1. The average molecular weight is 311 g/mol. The number of ether oxygens (including phenoxy) is 2. The zero-order valence-electron chi connectivity index (χ0n) is 11.7. The van der Waals surface area contributed by atoms with Gasteiger partial charge >= 0.3 is 6.03 Å². The predicted octanol–water partition coefficient (Wildman–Crippen LogP) is 3.15. The molecule has 21 heavy (non-hydrogen) atoms. The van der Waals surface area contributed by atoms with Crippen molar-refractivity contribution >= 4 is 23.3 Å². The van der Waals surface area contributed by atoms with Gasteiger partial charge < -0.3 is 20.1 Å². The van der Waals surface area contributed by atoms with Gasteiger partial charge in [-0.3, -0.25) is 0 Å². The summed E-state index contributed by atoms with van der Waals surface area (Å²) in [4.78, 5) is 12.1. The van der Waals surface area contributed by atoms with Gasteiger partial charge in [0.25, 0.3) is 0 Å². The molecule has 1 aromatic carbocycles. The highest BCUT2D eigenvalue weighted by Gasteiger charge is 2.46. The summed E-state index contributed by atoms with van der Waals surface area (Å²) in [6, 6.07) is 6.65. The van der Waals surface area contributed by atoms with Crippen LogP contribution in [0.2, 0.25) is 5.02 Å². The largest absolute Gasteiger partial charge is 0.346 e. The highest BCUT2D eigenvalue weighted by molar-refractivity contribution is 6.30. The lowest BCUT2D eigenvalue weighted by molar-refractivity contribution is -0.192. The summed E-state index contributed by atoms with van der Waals surface area (Å²) in [7, 11) is 0. The topological polar surface area (TPSA) is 59.6 Å². The van der Waals surface area contributed by atoms with Gasteiger partial charge in [0.05, 0.1) is 19.3 Å². The number of halogens is 1. The summed E-state index contributed by atoms with van der Waals surface area (Å²) in [6.45, 7) is 1.19. The van der Waals surface area contributed by atoms with E-state index in [9.17, 15) is 4.79 Å². The van der Waals surface area contributed by atoms with E-state index in [2.05, 4.69) is 10.6 Å². The van der Waals surface area contributed by atoms with Crippen LogP contribution in [0.5, 0.6) is 0 Å². The summed E-state index contributed by atoms with van der Waals surface area (Å²) >= 11 is 5.82. The first-order valence-corrected chi connectivity index (χ1v) is 7.67. The molecule has 1 aromatic rings. The van der Waals surface area contributed by atoms with Crippen molar-refractivity contribution in [2.75, 3.05) is 18.5 Å². The molecule has 6 heteroatoms. The zero-order valence-corrected chi connectivity index (χ0v) is 12.5. The lowest BCUT2D eigenvalue weighted by Crippen LogP contribution is -2.56. The number of hydrogen-bond acceptors (Lipinski definition) is 3. The Morgan fingerprint density at radius 2 is 1.90 bits per heavy atom. The van der Waals surface area contributed by atoms with Crippen LogP contribution in [0.4, 0.5) is 10.5 Å². The van der Waals surface area contributed by atoms with E-state index in [1.54, 1.807) is 24.3 Å². The first-order valence-electron chi connectivity index (χ1n) is 7.29. The van der Waals surface area contributed by atoms with Crippen molar-refractivity contribution in [1.29, 1.82) is 0 Å². The fourth-order valence-electron chi connectivity index (χ4n) is 2.97. The van der Waals surface area contributed by atoms with Gasteiger partial charge in [0.1, 0.15) is 0 Å². The third-order valence-electron chi connectivity index (χ3n) is 3.98. The van der Waals surface area contributed by atoms with E-state index >= 15 is 0 Å².